The summed E-state index contributed by atoms with van der Waals surface area (Å²) < 4.78 is 50.5. The second-order valence-corrected chi connectivity index (χ2v) is 18.9. The minimum atomic E-state index is -4.66. The Morgan fingerprint density at radius 1 is 0.324 bits per heavy atom. The molecule has 8 heteroatoms. The third-order valence-corrected chi connectivity index (χ3v) is 14.1. The molecule has 0 bridgehead atoms. The standard InChI is InChI=1S/C66H44F3N5/c1-41-15-13-21-45(35-41)47-27-32-60-55(37-47)51-23-9-11-25-58(51)73(60)50-30-31-53(65-71-63(43-17-5-3-6-18-43)70-64(72-65)44-19-7-4-8-20-44)54(40-50)57-39-49(66(67,68)69)29-34-62(57)74-59-26-12-10-24-52(59)56-38-48(28-33-61(56)74)46-22-14-16-42(2)36-46/h3-40H,1-2H3. The van der Waals surface area contributed by atoms with Gasteiger partial charge in [-0.25, -0.2) is 15.0 Å². The van der Waals surface area contributed by atoms with Crippen LogP contribution in [0.1, 0.15) is 16.7 Å². The third-order valence-electron chi connectivity index (χ3n) is 14.1. The number of nitrogens with zero attached hydrogens (tertiary/aromatic N) is 5. The Morgan fingerprint density at radius 2 is 0.797 bits per heavy atom. The molecule has 13 rings (SSSR count). The Morgan fingerprint density at radius 3 is 1.35 bits per heavy atom. The highest BCUT2D eigenvalue weighted by molar-refractivity contribution is 6.12. The van der Waals surface area contributed by atoms with Gasteiger partial charge in [0.1, 0.15) is 0 Å². The fraction of sp³-hybridized carbons (Fsp3) is 0.0455. The van der Waals surface area contributed by atoms with Gasteiger partial charge in [0.2, 0.25) is 0 Å². The fourth-order valence-corrected chi connectivity index (χ4v) is 10.6. The van der Waals surface area contributed by atoms with Crippen LogP contribution in [0.2, 0.25) is 0 Å². The molecule has 0 spiro atoms. The molecule has 0 unspecified atom stereocenters. The lowest BCUT2D eigenvalue weighted by molar-refractivity contribution is -0.137. The number of hydrogen-bond donors (Lipinski definition) is 0. The summed E-state index contributed by atoms with van der Waals surface area (Å²) in [5, 5.41) is 4.06. The van der Waals surface area contributed by atoms with Crippen molar-refractivity contribution in [1.29, 1.82) is 0 Å². The van der Waals surface area contributed by atoms with Crippen LogP contribution in [-0.4, -0.2) is 24.1 Å². The Balaban J connectivity index is 1.12. The zero-order chi connectivity index (χ0) is 50.1. The zero-order valence-corrected chi connectivity index (χ0v) is 40.3. The Kier molecular flexibility index (Phi) is 10.7. The lowest BCUT2D eigenvalue weighted by Gasteiger charge is -2.20. The largest absolute Gasteiger partial charge is 0.416 e. The average molecular weight is 964 g/mol. The molecule has 0 aliphatic rings. The van der Waals surface area contributed by atoms with Crippen molar-refractivity contribution in [1.82, 2.24) is 24.1 Å². The topological polar surface area (TPSA) is 48.5 Å². The highest BCUT2D eigenvalue weighted by Crippen LogP contribution is 2.45. The monoisotopic (exact) mass is 963 g/mol. The lowest BCUT2D eigenvalue weighted by atomic mass is 9.94. The van der Waals surface area contributed by atoms with Crippen molar-refractivity contribution in [3.63, 3.8) is 0 Å². The Hall–Kier alpha value is -9.40. The molecule has 0 amide bonds. The molecular weight excluding hydrogens is 920 g/mol. The van der Waals surface area contributed by atoms with Crippen molar-refractivity contribution in [2.24, 2.45) is 0 Å². The van der Waals surface area contributed by atoms with Crippen LogP contribution in [0.3, 0.4) is 0 Å². The Labute approximate surface area is 425 Å². The molecule has 3 aromatic heterocycles. The zero-order valence-electron chi connectivity index (χ0n) is 40.3. The first-order chi connectivity index (χ1) is 36.1. The van der Waals surface area contributed by atoms with Gasteiger partial charge in [0, 0.05) is 49.5 Å². The van der Waals surface area contributed by atoms with Gasteiger partial charge in [-0.2, -0.15) is 13.2 Å². The van der Waals surface area contributed by atoms with Crippen molar-refractivity contribution in [2.45, 2.75) is 20.0 Å². The second kappa shape index (κ2) is 17.7. The van der Waals surface area contributed by atoms with Crippen molar-refractivity contribution >= 4 is 43.6 Å². The van der Waals surface area contributed by atoms with Crippen molar-refractivity contribution in [2.75, 3.05) is 0 Å². The SMILES string of the molecule is Cc1cccc(-c2ccc3c(c2)c2ccccc2n3-c2ccc(-c3nc(-c4ccccc4)nc(-c4ccccc4)n3)c(-c3cc(C(F)(F)F)ccc3-n3c4ccccc4c4cc(-c5cccc(C)c5)ccc43)c2)c1. The predicted molar refractivity (Wildman–Crippen MR) is 296 cm³/mol. The van der Waals surface area contributed by atoms with Gasteiger partial charge in [-0.05, 0) is 114 Å². The summed E-state index contributed by atoms with van der Waals surface area (Å²) in [5.41, 5.74) is 13.8. The van der Waals surface area contributed by atoms with E-state index in [0.717, 1.165) is 88.2 Å². The molecule has 0 aliphatic heterocycles. The molecule has 0 saturated heterocycles. The van der Waals surface area contributed by atoms with Crippen LogP contribution in [0.5, 0.6) is 0 Å². The van der Waals surface area contributed by atoms with E-state index in [4.69, 9.17) is 15.0 Å². The van der Waals surface area contributed by atoms with Crippen molar-refractivity contribution < 1.29 is 13.2 Å². The number of aryl methyl sites for hydroxylation is 2. The van der Waals surface area contributed by atoms with Crippen LogP contribution in [0, 0.1) is 13.8 Å². The molecule has 354 valence electrons. The van der Waals surface area contributed by atoms with E-state index in [1.54, 1.807) is 6.07 Å². The first-order valence-electron chi connectivity index (χ1n) is 24.6. The molecule has 0 aliphatic carbocycles. The van der Waals surface area contributed by atoms with Gasteiger partial charge < -0.3 is 9.13 Å². The molecule has 0 atom stereocenters. The van der Waals surface area contributed by atoms with Crippen LogP contribution < -0.4 is 0 Å². The van der Waals surface area contributed by atoms with E-state index in [9.17, 15) is 0 Å². The van der Waals surface area contributed by atoms with E-state index >= 15 is 13.2 Å². The van der Waals surface area contributed by atoms with Crippen LogP contribution in [0.25, 0.3) is 123 Å². The number of fused-ring (bicyclic) bond motifs is 6. The Bertz CT molecular complexity index is 4270. The van der Waals surface area contributed by atoms with E-state index < -0.39 is 11.7 Å². The first-order valence-corrected chi connectivity index (χ1v) is 24.6. The molecule has 13 aromatic rings. The van der Waals surface area contributed by atoms with Crippen LogP contribution >= 0.6 is 0 Å². The van der Waals surface area contributed by atoms with E-state index in [1.165, 1.54) is 17.7 Å². The lowest BCUT2D eigenvalue weighted by Crippen LogP contribution is -2.08. The normalized spacial score (nSPS) is 11.9. The number of alkyl halides is 3. The quantitative estimate of drug-likeness (QED) is 0.152. The molecule has 0 fully saturated rings. The number of para-hydroxylation sites is 2. The number of aromatic nitrogens is 5. The van der Waals surface area contributed by atoms with E-state index in [2.05, 4.69) is 126 Å². The summed E-state index contributed by atoms with van der Waals surface area (Å²) in [6.07, 6.45) is -4.66. The smallest absolute Gasteiger partial charge is 0.309 e. The van der Waals surface area contributed by atoms with Gasteiger partial charge >= 0.3 is 6.18 Å². The average Bonchev–Trinajstić information content (AvgIpc) is 3.95. The highest BCUT2D eigenvalue weighted by Gasteiger charge is 2.33. The van der Waals surface area contributed by atoms with Gasteiger partial charge in [0.15, 0.2) is 17.5 Å². The molecule has 3 heterocycles. The number of hydrogen-bond acceptors (Lipinski definition) is 3. The van der Waals surface area contributed by atoms with Gasteiger partial charge in [-0.15, -0.1) is 0 Å². The summed E-state index contributed by atoms with van der Waals surface area (Å²) in [6, 6.07) is 75.6. The van der Waals surface area contributed by atoms with Crippen molar-refractivity contribution in [3.05, 3.63) is 247 Å². The van der Waals surface area contributed by atoms with E-state index in [-0.39, 0.29) is 0 Å². The van der Waals surface area contributed by atoms with Crippen LogP contribution in [0.15, 0.2) is 231 Å². The third kappa shape index (κ3) is 7.79. The summed E-state index contributed by atoms with van der Waals surface area (Å²) in [7, 11) is 0. The highest BCUT2D eigenvalue weighted by atomic mass is 19.4. The fourth-order valence-electron chi connectivity index (χ4n) is 10.6. The molecule has 0 N–H and O–H groups in total. The maximum atomic E-state index is 15.4. The molecule has 10 aromatic carbocycles. The van der Waals surface area contributed by atoms with Gasteiger partial charge in [-0.3, -0.25) is 0 Å². The summed E-state index contributed by atoms with van der Waals surface area (Å²) in [5.74, 6) is 1.19. The molecule has 74 heavy (non-hydrogen) atoms. The minimum Gasteiger partial charge on any atom is -0.309 e. The van der Waals surface area contributed by atoms with Crippen LogP contribution in [0.4, 0.5) is 13.2 Å². The van der Waals surface area contributed by atoms with E-state index in [1.807, 2.05) is 109 Å². The molecule has 5 nitrogen and oxygen atoms in total. The maximum Gasteiger partial charge on any atom is 0.416 e. The van der Waals surface area contributed by atoms with Gasteiger partial charge in [0.25, 0.3) is 0 Å². The summed E-state index contributed by atoms with van der Waals surface area (Å²) in [6.45, 7) is 4.17. The van der Waals surface area contributed by atoms with Crippen molar-refractivity contribution in [3.8, 4) is 78.9 Å². The minimum absolute atomic E-state index is 0.317. The van der Waals surface area contributed by atoms with Crippen LogP contribution in [-0.2, 0) is 6.18 Å². The summed E-state index contributed by atoms with van der Waals surface area (Å²) >= 11 is 0. The second-order valence-electron chi connectivity index (χ2n) is 18.9. The predicted octanol–water partition coefficient (Wildman–Crippen LogP) is 17.7. The number of benzene rings is 10. The summed E-state index contributed by atoms with van der Waals surface area (Å²) in [4.78, 5) is 15.3. The van der Waals surface area contributed by atoms with Gasteiger partial charge in [-0.1, -0.05) is 169 Å². The first kappa shape index (κ1) is 44.5. The maximum absolute atomic E-state index is 15.4. The molecular formula is C66H44F3N5. The van der Waals surface area contributed by atoms with E-state index in [0.29, 0.717) is 39.9 Å². The number of halogens is 3. The van der Waals surface area contributed by atoms with Gasteiger partial charge in [0.05, 0.1) is 33.3 Å². The number of rotatable bonds is 8. The molecule has 0 radical (unpaired) electrons. The molecule has 0 saturated carbocycles.